The molecule has 0 saturated heterocycles. The normalized spacial score (nSPS) is 14.4. The number of benzene rings is 3. The maximum absolute atomic E-state index is 15.1. The SMILES string of the molecule is NC(=O)CCc1cccc2c1CCN(C(=O)/C=C/c1c(-n3cnnn3)ccc(Cl)c1F)C2C(=O)Cc1ccc(C(=O)O)cc1. The molecule has 0 bridgehead atoms. The van der Waals surface area contributed by atoms with Crippen molar-refractivity contribution in [3.63, 3.8) is 0 Å². The fourth-order valence-electron chi connectivity index (χ4n) is 5.32. The average Bonchev–Trinajstić information content (AvgIpc) is 3.55. The van der Waals surface area contributed by atoms with E-state index in [1.54, 1.807) is 24.3 Å². The lowest BCUT2D eigenvalue weighted by Crippen LogP contribution is -2.43. The number of fused-ring (bicyclic) bond motifs is 1. The van der Waals surface area contributed by atoms with E-state index in [0.717, 1.165) is 11.1 Å². The first kappa shape index (κ1) is 30.2. The quantitative estimate of drug-likeness (QED) is 0.256. The van der Waals surface area contributed by atoms with Crippen LogP contribution in [0.5, 0.6) is 0 Å². The van der Waals surface area contributed by atoms with Crippen molar-refractivity contribution >= 4 is 41.2 Å². The Morgan fingerprint density at radius 1 is 1.09 bits per heavy atom. The topological polar surface area (TPSA) is 161 Å². The van der Waals surface area contributed by atoms with Crippen LogP contribution in [0.15, 0.2) is 67.0 Å². The molecule has 2 heterocycles. The third kappa shape index (κ3) is 6.40. The van der Waals surface area contributed by atoms with Crippen LogP contribution in [0.25, 0.3) is 11.8 Å². The highest BCUT2D eigenvalue weighted by Gasteiger charge is 2.36. The summed E-state index contributed by atoms with van der Waals surface area (Å²) in [6.07, 6.45) is 4.58. The van der Waals surface area contributed by atoms with Crippen molar-refractivity contribution in [3.8, 4) is 5.69 Å². The third-order valence-electron chi connectivity index (χ3n) is 7.42. The van der Waals surface area contributed by atoms with Crippen LogP contribution >= 0.6 is 11.6 Å². The zero-order chi connectivity index (χ0) is 31.4. The van der Waals surface area contributed by atoms with Crippen molar-refractivity contribution in [1.29, 1.82) is 0 Å². The van der Waals surface area contributed by atoms with Crippen LogP contribution in [0, 0.1) is 5.82 Å². The van der Waals surface area contributed by atoms with Gasteiger partial charge in [-0.3, -0.25) is 14.4 Å². The van der Waals surface area contributed by atoms with Gasteiger partial charge in [0, 0.05) is 31.0 Å². The Morgan fingerprint density at radius 3 is 2.55 bits per heavy atom. The van der Waals surface area contributed by atoms with Crippen LogP contribution in [-0.2, 0) is 33.6 Å². The number of carbonyl (C=O) groups is 4. The van der Waals surface area contributed by atoms with Gasteiger partial charge in [-0.15, -0.1) is 5.10 Å². The van der Waals surface area contributed by atoms with Gasteiger partial charge in [0.2, 0.25) is 11.8 Å². The predicted molar refractivity (Wildman–Crippen MR) is 157 cm³/mol. The molecular formula is C31H26ClFN6O5. The summed E-state index contributed by atoms with van der Waals surface area (Å²) in [5, 5.41) is 20.0. The molecule has 1 aromatic heterocycles. The number of ketones is 1. The minimum atomic E-state index is -1.09. The Bertz CT molecular complexity index is 1780. The number of tetrazole rings is 1. The molecule has 13 heteroatoms. The lowest BCUT2D eigenvalue weighted by Gasteiger charge is -2.37. The Hall–Kier alpha value is -5.23. The van der Waals surface area contributed by atoms with Crippen molar-refractivity contribution in [2.24, 2.45) is 5.73 Å². The number of hydrogen-bond acceptors (Lipinski definition) is 7. The van der Waals surface area contributed by atoms with Gasteiger partial charge in [0.05, 0.1) is 16.3 Å². The van der Waals surface area contributed by atoms with Gasteiger partial charge in [0.15, 0.2) is 11.6 Å². The molecule has 0 aliphatic carbocycles. The highest BCUT2D eigenvalue weighted by atomic mass is 35.5. The summed E-state index contributed by atoms with van der Waals surface area (Å²) < 4.78 is 16.4. The molecule has 0 radical (unpaired) electrons. The summed E-state index contributed by atoms with van der Waals surface area (Å²) >= 11 is 6.02. The van der Waals surface area contributed by atoms with Crippen LogP contribution in [0.3, 0.4) is 0 Å². The number of carboxylic acid groups (broad SMARTS) is 1. The maximum atomic E-state index is 15.1. The molecule has 1 aliphatic rings. The van der Waals surface area contributed by atoms with E-state index in [0.29, 0.717) is 24.0 Å². The Labute approximate surface area is 255 Å². The summed E-state index contributed by atoms with van der Waals surface area (Å²) in [5.74, 6) is -3.15. The molecule has 3 aromatic carbocycles. The number of Topliss-reactive ketones (excluding diaryl/α,β-unsaturated/α-hetero) is 1. The molecule has 0 spiro atoms. The Balaban J connectivity index is 1.50. The highest BCUT2D eigenvalue weighted by molar-refractivity contribution is 6.31. The molecule has 4 aromatic rings. The van der Waals surface area contributed by atoms with Crippen LogP contribution < -0.4 is 5.73 Å². The maximum Gasteiger partial charge on any atom is 0.335 e. The fraction of sp³-hybridized carbons (Fsp3) is 0.194. The van der Waals surface area contributed by atoms with Crippen LogP contribution in [0.1, 0.15) is 50.6 Å². The van der Waals surface area contributed by atoms with Crippen molar-refractivity contribution in [1.82, 2.24) is 25.1 Å². The number of nitrogens with zero attached hydrogens (tertiary/aromatic N) is 5. The number of aromatic carboxylic acids is 1. The summed E-state index contributed by atoms with van der Waals surface area (Å²) in [4.78, 5) is 51.8. The molecule has 5 rings (SSSR count). The van der Waals surface area contributed by atoms with E-state index in [-0.39, 0.29) is 47.0 Å². The van der Waals surface area contributed by atoms with Gasteiger partial charge in [-0.1, -0.05) is 41.9 Å². The molecule has 224 valence electrons. The number of halogens is 2. The van der Waals surface area contributed by atoms with Crippen LogP contribution in [0.4, 0.5) is 4.39 Å². The molecule has 2 amide bonds. The van der Waals surface area contributed by atoms with Crippen LogP contribution in [0.2, 0.25) is 5.02 Å². The lowest BCUT2D eigenvalue weighted by atomic mass is 9.84. The van der Waals surface area contributed by atoms with E-state index < -0.39 is 29.6 Å². The number of primary amides is 1. The fourth-order valence-corrected chi connectivity index (χ4v) is 5.49. The van der Waals surface area contributed by atoms with Gasteiger partial charge >= 0.3 is 5.97 Å². The van der Waals surface area contributed by atoms with Gasteiger partial charge < -0.3 is 15.7 Å². The number of carboxylic acids is 1. The molecule has 44 heavy (non-hydrogen) atoms. The number of hydrogen-bond donors (Lipinski definition) is 2. The second-order valence-electron chi connectivity index (χ2n) is 10.2. The minimum Gasteiger partial charge on any atom is -0.478 e. The highest BCUT2D eigenvalue weighted by Crippen LogP contribution is 2.34. The first-order valence-electron chi connectivity index (χ1n) is 13.6. The van der Waals surface area contributed by atoms with E-state index in [1.165, 1.54) is 52.3 Å². The third-order valence-corrected chi connectivity index (χ3v) is 7.72. The van der Waals surface area contributed by atoms with Crippen molar-refractivity contribution in [2.75, 3.05) is 6.54 Å². The number of aryl methyl sites for hydroxylation is 1. The molecule has 0 saturated carbocycles. The molecule has 11 nitrogen and oxygen atoms in total. The molecule has 1 unspecified atom stereocenters. The molecule has 1 aliphatic heterocycles. The average molecular weight is 617 g/mol. The first-order chi connectivity index (χ1) is 21.1. The van der Waals surface area contributed by atoms with E-state index in [4.69, 9.17) is 17.3 Å². The standard InChI is InChI=1S/C31H26ClFN6O5/c32-24-10-11-25(39-17-35-36-37-39)23(29(24)33)9-13-28(42)38-15-14-21-19(8-12-27(34)41)2-1-3-22(21)30(38)26(40)16-18-4-6-20(7-5-18)31(43)44/h1-7,9-11,13,17,30H,8,12,14-16H2,(H2,34,41)(H,43,44)/b13-9+. The van der Waals surface area contributed by atoms with Crippen LogP contribution in [-0.4, -0.2) is 60.3 Å². The summed E-state index contributed by atoms with van der Waals surface area (Å²) in [6, 6.07) is 13.2. The van der Waals surface area contributed by atoms with Gasteiger partial charge in [-0.2, -0.15) is 4.68 Å². The number of carbonyl (C=O) groups excluding carboxylic acids is 3. The molecule has 3 N–H and O–H groups in total. The predicted octanol–water partition coefficient (Wildman–Crippen LogP) is 3.52. The number of amides is 2. The Kier molecular flexibility index (Phi) is 8.91. The zero-order valence-electron chi connectivity index (χ0n) is 23.2. The summed E-state index contributed by atoms with van der Waals surface area (Å²) in [5.41, 5.74) is 8.61. The second kappa shape index (κ2) is 13.0. The van der Waals surface area contributed by atoms with Crippen molar-refractivity contribution in [3.05, 3.63) is 111 Å². The first-order valence-corrected chi connectivity index (χ1v) is 14.0. The van der Waals surface area contributed by atoms with E-state index in [9.17, 15) is 24.3 Å². The summed E-state index contributed by atoms with van der Waals surface area (Å²) in [6.45, 7) is 0.177. The lowest BCUT2D eigenvalue weighted by molar-refractivity contribution is -0.136. The number of aromatic nitrogens is 4. The van der Waals surface area contributed by atoms with E-state index >= 15 is 4.39 Å². The van der Waals surface area contributed by atoms with Gasteiger partial charge in [0.1, 0.15) is 12.4 Å². The smallest absolute Gasteiger partial charge is 0.335 e. The molecule has 1 atom stereocenters. The van der Waals surface area contributed by atoms with Gasteiger partial charge in [0.25, 0.3) is 0 Å². The number of rotatable bonds is 10. The minimum absolute atomic E-state index is 0.0225. The zero-order valence-corrected chi connectivity index (χ0v) is 23.9. The Morgan fingerprint density at radius 2 is 1.86 bits per heavy atom. The van der Waals surface area contributed by atoms with Crippen molar-refractivity contribution in [2.45, 2.75) is 31.7 Å². The number of nitrogens with two attached hydrogens (primary N) is 1. The van der Waals surface area contributed by atoms with Gasteiger partial charge in [-0.05, 0) is 75.9 Å². The second-order valence-corrected chi connectivity index (χ2v) is 10.6. The van der Waals surface area contributed by atoms with Gasteiger partial charge in [-0.25, -0.2) is 9.18 Å². The summed E-state index contributed by atoms with van der Waals surface area (Å²) in [7, 11) is 0. The molecule has 0 fully saturated rings. The van der Waals surface area contributed by atoms with Crippen molar-refractivity contribution < 1.29 is 28.7 Å². The monoisotopic (exact) mass is 616 g/mol. The largest absolute Gasteiger partial charge is 0.478 e. The molecular weight excluding hydrogens is 591 g/mol. The van der Waals surface area contributed by atoms with E-state index in [2.05, 4.69) is 15.5 Å². The van der Waals surface area contributed by atoms with E-state index in [1.807, 2.05) is 6.07 Å².